The maximum absolute atomic E-state index is 12.0. The molecule has 1 atom stereocenters. The summed E-state index contributed by atoms with van der Waals surface area (Å²) in [7, 11) is 0. The quantitative estimate of drug-likeness (QED) is 0.747. The highest BCUT2D eigenvalue weighted by Crippen LogP contribution is 2.40. The molecule has 0 radical (unpaired) electrons. The van der Waals surface area contributed by atoms with Crippen LogP contribution in [0.2, 0.25) is 0 Å². The zero-order valence-corrected chi connectivity index (χ0v) is 15.1. The van der Waals surface area contributed by atoms with E-state index in [4.69, 9.17) is 0 Å². The monoisotopic (exact) mass is 344 g/mol. The van der Waals surface area contributed by atoms with Crippen molar-refractivity contribution in [1.82, 2.24) is 20.1 Å². The number of carbonyl (C=O) groups is 1. The van der Waals surface area contributed by atoms with Crippen LogP contribution in [0.4, 0.5) is 0 Å². The van der Waals surface area contributed by atoms with E-state index in [-0.39, 0.29) is 11.9 Å². The summed E-state index contributed by atoms with van der Waals surface area (Å²) < 4.78 is 2.17. The Balaban J connectivity index is 1.70. The molecule has 1 aliphatic carbocycles. The summed E-state index contributed by atoms with van der Waals surface area (Å²) in [6.45, 7) is 4.84. The molecule has 6 heteroatoms. The van der Waals surface area contributed by atoms with Gasteiger partial charge in [0.05, 0.1) is 12.3 Å². The third-order valence-corrected chi connectivity index (χ3v) is 5.19. The largest absolute Gasteiger partial charge is 0.353 e. The second kappa shape index (κ2) is 7.83. The van der Waals surface area contributed by atoms with Gasteiger partial charge in [-0.2, -0.15) is 0 Å². The Morgan fingerprint density at radius 2 is 2.08 bits per heavy atom. The number of amides is 1. The number of hydrogen-bond acceptors (Lipinski definition) is 4. The average molecular weight is 344 g/mol. The topological polar surface area (TPSA) is 59.8 Å². The Morgan fingerprint density at radius 3 is 2.75 bits per heavy atom. The number of benzene rings is 1. The third kappa shape index (κ3) is 4.38. The SMILES string of the molecule is CCC(C)NC(=O)CSc1nnc(C2CC2)n1Cc1ccccc1. The summed E-state index contributed by atoms with van der Waals surface area (Å²) in [5.41, 5.74) is 1.23. The van der Waals surface area contributed by atoms with Crippen LogP contribution in [0.1, 0.15) is 50.4 Å². The molecule has 0 aliphatic heterocycles. The molecule has 128 valence electrons. The highest BCUT2D eigenvalue weighted by atomic mass is 32.2. The molecule has 1 N–H and O–H groups in total. The fourth-order valence-corrected chi connectivity index (χ4v) is 3.27. The van der Waals surface area contributed by atoms with E-state index in [9.17, 15) is 4.79 Å². The van der Waals surface area contributed by atoms with Gasteiger partial charge < -0.3 is 9.88 Å². The van der Waals surface area contributed by atoms with Crippen LogP contribution in [0.15, 0.2) is 35.5 Å². The Kier molecular flexibility index (Phi) is 5.56. The Morgan fingerprint density at radius 1 is 1.33 bits per heavy atom. The van der Waals surface area contributed by atoms with Crippen LogP contribution < -0.4 is 5.32 Å². The molecule has 1 saturated carbocycles. The molecule has 1 amide bonds. The van der Waals surface area contributed by atoms with Gasteiger partial charge in [-0.05, 0) is 31.7 Å². The smallest absolute Gasteiger partial charge is 0.230 e. The molecular weight excluding hydrogens is 320 g/mol. The van der Waals surface area contributed by atoms with Crippen molar-refractivity contribution in [2.75, 3.05) is 5.75 Å². The molecule has 0 spiro atoms. The van der Waals surface area contributed by atoms with Crippen LogP contribution in [0.5, 0.6) is 0 Å². The normalized spacial score (nSPS) is 15.2. The van der Waals surface area contributed by atoms with E-state index in [0.29, 0.717) is 11.7 Å². The summed E-state index contributed by atoms with van der Waals surface area (Å²) >= 11 is 1.47. The van der Waals surface area contributed by atoms with Crippen LogP contribution in [0, 0.1) is 0 Å². The first-order chi connectivity index (χ1) is 11.7. The van der Waals surface area contributed by atoms with Gasteiger partial charge in [0.2, 0.25) is 5.91 Å². The lowest BCUT2D eigenvalue weighted by Gasteiger charge is -2.12. The van der Waals surface area contributed by atoms with E-state index >= 15 is 0 Å². The number of thioether (sulfide) groups is 1. The van der Waals surface area contributed by atoms with Gasteiger partial charge >= 0.3 is 0 Å². The first-order valence-corrected chi connectivity index (χ1v) is 9.55. The minimum absolute atomic E-state index is 0.0524. The molecule has 1 fully saturated rings. The molecule has 2 aromatic rings. The second-order valence-electron chi connectivity index (χ2n) is 6.35. The van der Waals surface area contributed by atoms with E-state index in [2.05, 4.69) is 39.1 Å². The molecule has 5 nitrogen and oxygen atoms in total. The first kappa shape index (κ1) is 17.0. The van der Waals surface area contributed by atoms with Gasteiger partial charge in [-0.15, -0.1) is 10.2 Å². The van der Waals surface area contributed by atoms with E-state index in [1.807, 2.05) is 25.1 Å². The molecule has 3 rings (SSSR count). The fourth-order valence-electron chi connectivity index (χ4n) is 2.51. The van der Waals surface area contributed by atoms with E-state index in [1.54, 1.807) is 0 Å². The molecule has 1 aliphatic rings. The fraction of sp³-hybridized carbons (Fsp3) is 0.500. The highest BCUT2D eigenvalue weighted by molar-refractivity contribution is 7.99. The molecule has 1 aromatic carbocycles. The number of nitrogens with zero attached hydrogens (tertiary/aromatic N) is 3. The number of rotatable bonds is 8. The summed E-state index contributed by atoms with van der Waals surface area (Å²) in [6, 6.07) is 10.5. The number of hydrogen-bond donors (Lipinski definition) is 1. The first-order valence-electron chi connectivity index (χ1n) is 8.56. The van der Waals surface area contributed by atoms with Gasteiger partial charge in [-0.3, -0.25) is 4.79 Å². The van der Waals surface area contributed by atoms with Crippen LogP contribution >= 0.6 is 11.8 Å². The number of carbonyl (C=O) groups excluding carboxylic acids is 1. The number of aromatic nitrogens is 3. The minimum Gasteiger partial charge on any atom is -0.353 e. The molecule has 0 bridgehead atoms. The van der Waals surface area contributed by atoms with E-state index < -0.39 is 0 Å². The van der Waals surface area contributed by atoms with Crippen LogP contribution in [-0.4, -0.2) is 32.5 Å². The second-order valence-corrected chi connectivity index (χ2v) is 7.29. The summed E-state index contributed by atoms with van der Waals surface area (Å²) in [5.74, 6) is 2.02. The molecule has 1 unspecified atom stereocenters. The summed E-state index contributed by atoms with van der Waals surface area (Å²) in [4.78, 5) is 12.0. The van der Waals surface area contributed by atoms with Crippen molar-refractivity contribution in [2.24, 2.45) is 0 Å². The molecule has 24 heavy (non-hydrogen) atoms. The average Bonchev–Trinajstić information content (AvgIpc) is 3.36. The standard InChI is InChI=1S/C18H24N4OS/c1-3-13(2)19-16(23)12-24-18-21-20-17(15-9-10-15)22(18)11-14-7-5-4-6-8-14/h4-8,13,15H,3,9-12H2,1-2H3,(H,19,23). The molecule has 1 heterocycles. The van der Waals surface area contributed by atoms with Crippen molar-refractivity contribution in [3.8, 4) is 0 Å². The van der Waals surface area contributed by atoms with Gasteiger partial charge in [-0.1, -0.05) is 49.0 Å². The molecular formula is C18H24N4OS. The summed E-state index contributed by atoms with van der Waals surface area (Å²) in [5, 5.41) is 12.6. The minimum atomic E-state index is 0.0524. The van der Waals surface area contributed by atoms with Gasteiger partial charge in [0, 0.05) is 12.0 Å². The van der Waals surface area contributed by atoms with Crippen LogP contribution in [0.3, 0.4) is 0 Å². The Bertz CT molecular complexity index is 682. The van der Waals surface area contributed by atoms with Gasteiger partial charge in [0.25, 0.3) is 0 Å². The van der Waals surface area contributed by atoms with Crippen molar-refractivity contribution < 1.29 is 4.79 Å². The third-order valence-electron chi connectivity index (χ3n) is 4.22. The van der Waals surface area contributed by atoms with Crippen molar-refractivity contribution in [3.63, 3.8) is 0 Å². The maximum atomic E-state index is 12.0. The number of nitrogens with one attached hydrogen (secondary N) is 1. The van der Waals surface area contributed by atoms with E-state index in [1.165, 1.54) is 30.2 Å². The predicted octanol–water partition coefficient (Wildman–Crippen LogP) is 3.21. The maximum Gasteiger partial charge on any atom is 0.230 e. The van der Waals surface area contributed by atoms with Crippen LogP contribution in [-0.2, 0) is 11.3 Å². The lowest BCUT2D eigenvalue weighted by molar-refractivity contribution is -0.119. The Hall–Kier alpha value is -1.82. The van der Waals surface area contributed by atoms with Gasteiger partial charge in [-0.25, -0.2) is 0 Å². The lowest BCUT2D eigenvalue weighted by Crippen LogP contribution is -2.33. The zero-order chi connectivity index (χ0) is 16.9. The van der Waals surface area contributed by atoms with Gasteiger partial charge in [0.15, 0.2) is 5.16 Å². The van der Waals surface area contributed by atoms with Crippen LogP contribution in [0.25, 0.3) is 0 Å². The van der Waals surface area contributed by atoms with Crippen molar-refractivity contribution >= 4 is 17.7 Å². The zero-order valence-electron chi connectivity index (χ0n) is 14.2. The van der Waals surface area contributed by atoms with E-state index in [0.717, 1.165) is 23.9 Å². The molecule has 1 aromatic heterocycles. The molecule has 0 saturated heterocycles. The predicted molar refractivity (Wildman–Crippen MR) is 96.2 cm³/mol. The van der Waals surface area contributed by atoms with Gasteiger partial charge in [0.1, 0.15) is 5.82 Å². The lowest BCUT2D eigenvalue weighted by atomic mass is 10.2. The van der Waals surface area contributed by atoms with Crippen molar-refractivity contribution in [2.45, 2.75) is 56.8 Å². The summed E-state index contributed by atoms with van der Waals surface area (Å²) in [6.07, 6.45) is 3.31. The van der Waals surface area contributed by atoms with Crippen molar-refractivity contribution in [3.05, 3.63) is 41.7 Å². The van der Waals surface area contributed by atoms with Crippen molar-refractivity contribution in [1.29, 1.82) is 0 Å². The highest BCUT2D eigenvalue weighted by Gasteiger charge is 2.30. The Labute approximate surface area is 147 Å².